The van der Waals surface area contributed by atoms with E-state index in [2.05, 4.69) is 16.9 Å². The topological polar surface area (TPSA) is 98.0 Å². The maximum Gasteiger partial charge on any atom is 0.280 e. The van der Waals surface area contributed by atoms with Gasteiger partial charge in [0.2, 0.25) is 0 Å². The number of nitrogens with one attached hydrogen (secondary N) is 2. The van der Waals surface area contributed by atoms with Crippen molar-refractivity contribution in [1.82, 2.24) is 15.2 Å². The highest BCUT2D eigenvalue weighted by Crippen LogP contribution is 2.45. The molecule has 3 saturated heterocycles. The molecule has 0 radical (unpaired) electrons. The van der Waals surface area contributed by atoms with Gasteiger partial charge in [0.15, 0.2) is 0 Å². The number of fused-ring (bicyclic) bond motifs is 4. The van der Waals surface area contributed by atoms with E-state index in [1.54, 1.807) is 6.08 Å². The van der Waals surface area contributed by atoms with Crippen LogP contribution in [0.4, 0.5) is 0 Å². The molecule has 144 valence electrons. The largest absolute Gasteiger partial charge is 0.362 e. The van der Waals surface area contributed by atoms with E-state index in [0.29, 0.717) is 0 Å². The molecule has 5 rings (SSSR count). The number of morpholine rings is 1. The highest BCUT2D eigenvalue weighted by atomic mass is 16.6. The lowest BCUT2D eigenvalue weighted by Crippen LogP contribution is -2.66. The van der Waals surface area contributed by atoms with Crippen molar-refractivity contribution < 1.29 is 19.4 Å². The SMILES string of the molecule is C=CC(C)(C)c1[nH]c2ccccc2c1C=C1NC(=O)C2(O)C3OC3CN2C1=O. The summed E-state index contributed by atoms with van der Waals surface area (Å²) in [4.78, 5) is 30.3. The molecule has 1 aromatic carbocycles. The number of epoxide rings is 1. The van der Waals surface area contributed by atoms with E-state index in [9.17, 15) is 14.7 Å². The Labute approximate surface area is 161 Å². The van der Waals surface area contributed by atoms with Gasteiger partial charge in [-0.25, -0.2) is 0 Å². The third kappa shape index (κ3) is 2.11. The normalized spacial score (nSPS) is 30.4. The zero-order valence-electron chi connectivity index (χ0n) is 15.7. The van der Waals surface area contributed by atoms with Crippen molar-refractivity contribution in [1.29, 1.82) is 0 Å². The summed E-state index contributed by atoms with van der Waals surface area (Å²) in [5, 5.41) is 14.3. The minimum Gasteiger partial charge on any atom is -0.362 e. The van der Waals surface area contributed by atoms with Crippen LogP contribution in [0.3, 0.4) is 0 Å². The molecule has 3 fully saturated rings. The van der Waals surface area contributed by atoms with Gasteiger partial charge < -0.3 is 20.1 Å². The van der Waals surface area contributed by atoms with Gasteiger partial charge in [0.1, 0.15) is 17.9 Å². The Balaban J connectivity index is 1.65. The molecule has 3 aliphatic heterocycles. The number of piperazine rings is 1. The number of para-hydroxylation sites is 1. The van der Waals surface area contributed by atoms with Gasteiger partial charge in [0.25, 0.3) is 17.5 Å². The maximum absolute atomic E-state index is 13.0. The zero-order chi connectivity index (χ0) is 19.8. The van der Waals surface area contributed by atoms with Gasteiger partial charge in [-0.3, -0.25) is 14.5 Å². The number of H-pyrrole nitrogens is 1. The number of aliphatic hydroxyl groups is 1. The van der Waals surface area contributed by atoms with Crippen molar-refractivity contribution >= 4 is 28.8 Å². The third-order valence-corrected chi connectivity index (χ3v) is 6.00. The highest BCUT2D eigenvalue weighted by Gasteiger charge is 2.71. The lowest BCUT2D eigenvalue weighted by Gasteiger charge is -2.38. The number of rotatable bonds is 3. The van der Waals surface area contributed by atoms with Gasteiger partial charge in [-0.1, -0.05) is 38.1 Å². The molecule has 7 nitrogen and oxygen atoms in total. The van der Waals surface area contributed by atoms with Crippen LogP contribution in [0.2, 0.25) is 0 Å². The molecule has 0 saturated carbocycles. The van der Waals surface area contributed by atoms with E-state index in [1.165, 1.54) is 4.90 Å². The Morgan fingerprint density at radius 1 is 1.36 bits per heavy atom. The number of hydrogen-bond acceptors (Lipinski definition) is 4. The maximum atomic E-state index is 13.0. The first-order valence-electron chi connectivity index (χ1n) is 9.25. The van der Waals surface area contributed by atoms with Crippen LogP contribution in [0, 0.1) is 0 Å². The van der Waals surface area contributed by atoms with Crippen LogP contribution in [0.25, 0.3) is 17.0 Å². The number of nitrogens with zero attached hydrogens (tertiary/aromatic N) is 1. The van der Waals surface area contributed by atoms with Gasteiger partial charge in [0.05, 0.1) is 6.54 Å². The molecule has 0 bridgehead atoms. The molecule has 1 aromatic heterocycles. The molecule has 3 aliphatic rings. The summed E-state index contributed by atoms with van der Waals surface area (Å²) < 4.78 is 5.28. The first-order chi connectivity index (χ1) is 13.3. The number of benzene rings is 1. The van der Waals surface area contributed by atoms with Crippen molar-refractivity contribution in [2.45, 2.75) is 37.2 Å². The van der Waals surface area contributed by atoms with E-state index < -0.39 is 23.6 Å². The zero-order valence-corrected chi connectivity index (χ0v) is 15.7. The van der Waals surface area contributed by atoms with E-state index in [-0.39, 0.29) is 23.8 Å². The first kappa shape index (κ1) is 17.2. The van der Waals surface area contributed by atoms with Crippen LogP contribution in [0.15, 0.2) is 42.6 Å². The molecule has 28 heavy (non-hydrogen) atoms. The number of carbonyl (C=O) groups is 2. The van der Waals surface area contributed by atoms with Crippen LogP contribution in [-0.2, 0) is 19.7 Å². The highest BCUT2D eigenvalue weighted by molar-refractivity contribution is 6.10. The third-order valence-electron chi connectivity index (χ3n) is 6.00. The fraction of sp³-hybridized carbons (Fsp3) is 0.333. The molecule has 2 amide bonds. The summed E-state index contributed by atoms with van der Waals surface area (Å²) >= 11 is 0. The molecule has 4 heterocycles. The Morgan fingerprint density at radius 2 is 2.11 bits per heavy atom. The van der Waals surface area contributed by atoms with Gasteiger partial charge in [0, 0.05) is 27.6 Å². The van der Waals surface area contributed by atoms with Crippen molar-refractivity contribution in [2.24, 2.45) is 0 Å². The predicted molar refractivity (Wildman–Crippen MR) is 103 cm³/mol. The predicted octanol–water partition coefficient (Wildman–Crippen LogP) is 1.40. The Kier molecular flexibility index (Phi) is 3.28. The van der Waals surface area contributed by atoms with Gasteiger partial charge in [-0.15, -0.1) is 6.58 Å². The summed E-state index contributed by atoms with van der Waals surface area (Å²) in [6.07, 6.45) is 2.61. The van der Waals surface area contributed by atoms with Crippen molar-refractivity contribution in [3.8, 4) is 0 Å². The van der Waals surface area contributed by atoms with Crippen molar-refractivity contribution in [3.05, 3.63) is 53.9 Å². The fourth-order valence-corrected chi connectivity index (χ4v) is 4.18. The van der Waals surface area contributed by atoms with E-state index >= 15 is 0 Å². The van der Waals surface area contributed by atoms with Crippen molar-refractivity contribution in [2.75, 3.05) is 6.54 Å². The number of allylic oxidation sites excluding steroid dienone is 1. The lowest BCUT2D eigenvalue weighted by atomic mass is 9.86. The Bertz CT molecular complexity index is 1080. The number of ether oxygens (including phenoxy) is 1. The Morgan fingerprint density at radius 3 is 2.86 bits per heavy atom. The minimum absolute atomic E-state index is 0.141. The summed E-state index contributed by atoms with van der Waals surface area (Å²) in [5.74, 6) is -1.04. The fourth-order valence-electron chi connectivity index (χ4n) is 4.18. The smallest absolute Gasteiger partial charge is 0.280 e. The molecule has 3 unspecified atom stereocenters. The molecule has 3 atom stereocenters. The second-order valence-electron chi connectivity index (χ2n) is 8.13. The molecule has 3 N–H and O–H groups in total. The summed E-state index contributed by atoms with van der Waals surface area (Å²) in [5.41, 5.74) is 0.490. The molecule has 7 heteroatoms. The summed E-state index contributed by atoms with van der Waals surface area (Å²) in [7, 11) is 0. The standard InChI is InChI=1S/C21H21N3O4/c1-4-20(2,3)16-12(11-7-5-6-8-13(11)22-16)9-14-18(25)24-10-15-17(28-15)21(24,27)19(26)23-14/h4-9,15,17,22,27H,1,10H2,2-3H3,(H,23,26). The average molecular weight is 379 g/mol. The lowest BCUT2D eigenvalue weighted by molar-refractivity contribution is -0.179. The van der Waals surface area contributed by atoms with E-state index in [0.717, 1.165) is 22.2 Å². The number of aromatic amines is 1. The second-order valence-corrected chi connectivity index (χ2v) is 8.13. The number of carbonyl (C=O) groups excluding carboxylic acids is 2. The van der Waals surface area contributed by atoms with Gasteiger partial charge in [-0.2, -0.15) is 0 Å². The van der Waals surface area contributed by atoms with Gasteiger partial charge >= 0.3 is 0 Å². The van der Waals surface area contributed by atoms with Gasteiger partial charge in [-0.05, 0) is 12.1 Å². The van der Waals surface area contributed by atoms with Crippen LogP contribution >= 0.6 is 0 Å². The van der Waals surface area contributed by atoms with Crippen LogP contribution < -0.4 is 5.32 Å². The summed E-state index contributed by atoms with van der Waals surface area (Å²) in [6, 6.07) is 7.79. The van der Waals surface area contributed by atoms with Crippen LogP contribution in [0.5, 0.6) is 0 Å². The van der Waals surface area contributed by atoms with E-state index in [1.807, 2.05) is 44.2 Å². The van der Waals surface area contributed by atoms with Crippen molar-refractivity contribution in [3.63, 3.8) is 0 Å². The molecule has 2 aromatic rings. The van der Waals surface area contributed by atoms with Crippen LogP contribution in [0.1, 0.15) is 25.1 Å². The molecule has 0 spiro atoms. The number of aromatic nitrogens is 1. The monoisotopic (exact) mass is 379 g/mol. The minimum atomic E-state index is -1.91. The quantitative estimate of drug-likeness (QED) is 0.427. The molecule has 0 aliphatic carbocycles. The summed E-state index contributed by atoms with van der Waals surface area (Å²) in [6.45, 7) is 8.19. The number of hydrogen-bond donors (Lipinski definition) is 3. The second kappa shape index (κ2) is 5.33. The molecular weight excluding hydrogens is 358 g/mol. The molecular formula is C21H21N3O4. The average Bonchev–Trinajstić information content (AvgIpc) is 3.27. The number of amides is 2. The Hall–Kier alpha value is -2.90. The van der Waals surface area contributed by atoms with Crippen LogP contribution in [-0.4, -0.2) is 51.3 Å². The van der Waals surface area contributed by atoms with E-state index in [4.69, 9.17) is 4.74 Å². The first-order valence-corrected chi connectivity index (χ1v) is 9.25.